The van der Waals surface area contributed by atoms with E-state index in [0.29, 0.717) is 0 Å². The molecule has 106 valence electrons. The predicted molar refractivity (Wildman–Crippen MR) is 84.1 cm³/mol. The number of nitrogens with one attached hydrogen (secondary N) is 1. The third-order valence-corrected chi connectivity index (χ3v) is 3.41. The molecular formula is C17H18N4. The third-order valence-electron chi connectivity index (χ3n) is 3.41. The summed E-state index contributed by atoms with van der Waals surface area (Å²) in [6.45, 7) is 3.64. The number of hydrogen-bond acceptors (Lipinski definition) is 3. The molecule has 0 aliphatic rings. The van der Waals surface area contributed by atoms with Crippen molar-refractivity contribution in [1.82, 2.24) is 14.5 Å². The lowest BCUT2D eigenvalue weighted by Crippen LogP contribution is -2.04. The Kier molecular flexibility index (Phi) is 3.96. The van der Waals surface area contributed by atoms with E-state index < -0.39 is 0 Å². The molecule has 0 radical (unpaired) electrons. The summed E-state index contributed by atoms with van der Waals surface area (Å²) in [5, 5.41) is 3.33. The quantitative estimate of drug-likeness (QED) is 0.779. The fraction of sp³-hybridized carbons (Fsp3) is 0.176. The summed E-state index contributed by atoms with van der Waals surface area (Å²) in [6.07, 6.45) is 5.64. The van der Waals surface area contributed by atoms with Gasteiger partial charge in [-0.1, -0.05) is 30.3 Å². The summed E-state index contributed by atoms with van der Waals surface area (Å²) in [6, 6.07) is 14.4. The van der Waals surface area contributed by atoms with Gasteiger partial charge in [0.15, 0.2) is 0 Å². The zero-order chi connectivity index (χ0) is 14.5. The molecule has 1 N–H and O–H groups in total. The number of aryl methyl sites for hydroxylation is 1. The van der Waals surface area contributed by atoms with Crippen LogP contribution in [0.1, 0.15) is 17.0 Å². The molecule has 0 unspecified atom stereocenters. The summed E-state index contributed by atoms with van der Waals surface area (Å²) in [5.74, 6) is 1.93. The topological polar surface area (TPSA) is 42.7 Å². The van der Waals surface area contributed by atoms with Crippen molar-refractivity contribution in [2.45, 2.75) is 20.0 Å². The Labute approximate surface area is 124 Å². The smallest absolute Gasteiger partial charge is 0.126 e. The molecule has 3 aromatic rings. The summed E-state index contributed by atoms with van der Waals surface area (Å²) < 4.78 is 2.14. The lowest BCUT2D eigenvalue weighted by Gasteiger charge is -2.09. The maximum Gasteiger partial charge on any atom is 0.126 e. The first-order valence-electron chi connectivity index (χ1n) is 7.02. The fourth-order valence-corrected chi connectivity index (χ4v) is 2.27. The van der Waals surface area contributed by atoms with E-state index in [1.807, 2.05) is 37.5 Å². The van der Waals surface area contributed by atoms with Crippen LogP contribution in [-0.4, -0.2) is 14.5 Å². The van der Waals surface area contributed by atoms with Gasteiger partial charge in [-0.25, -0.2) is 9.97 Å². The molecule has 2 heterocycles. The van der Waals surface area contributed by atoms with Gasteiger partial charge in [0.25, 0.3) is 0 Å². The molecule has 1 aromatic carbocycles. The minimum atomic E-state index is 0.772. The zero-order valence-electron chi connectivity index (χ0n) is 12.0. The number of imidazole rings is 1. The molecule has 2 aromatic heterocycles. The van der Waals surface area contributed by atoms with Gasteiger partial charge in [-0.15, -0.1) is 0 Å². The molecule has 0 saturated heterocycles. The number of pyridine rings is 1. The van der Waals surface area contributed by atoms with Crippen LogP contribution in [0.25, 0.3) is 0 Å². The highest BCUT2D eigenvalue weighted by atomic mass is 15.0. The number of hydrogen-bond donors (Lipinski definition) is 1. The van der Waals surface area contributed by atoms with Crippen molar-refractivity contribution in [3.63, 3.8) is 0 Å². The van der Waals surface area contributed by atoms with Gasteiger partial charge >= 0.3 is 0 Å². The molecule has 0 bridgehead atoms. The van der Waals surface area contributed by atoms with Crippen molar-refractivity contribution in [3.05, 3.63) is 78.0 Å². The van der Waals surface area contributed by atoms with E-state index in [4.69, 9.17) is 0 Å². The monoisotopic (exact) mass is 278 g/mol. The van der Waals surface area contributed by atoms with Crippen LogP contribution in [0.2, 0.25) is 0 Å². The van der Waals surface area contributed by atoms with Crippen LogP contribution in [0.4, 0.5) is 5.82 Å². The van der Waals surface area contributed by atoms with E-state index in [9.17, 15) is 0 Å². The van der Waals surface area contributed by atoms with Crippen LogP contribution in [0, 0.1) is 6.92 Å². The number of anilines is 1. The van der Waals surface area contributed by atoms with Crippen molar-refractivity contribution in [1.29, 1.82) is 0 Å². The molecule has 0 spiro atoms. The maximum atomic E-state index is 4.27. The first-order chi connectivity index (χ1) is 10.3. The van der Waals surface area contributed by atoms with Crippen LogP contribution in [0.3, 0.4) is 0 Å². The van der Waals surface area contributed by atoms with Crippen molar-refractivity contribution in [2.24, 2.45) is 0 Å². The maximum absolute atomic E-state index is 4.27. The number of benzene rings is 1. The van der Waals surface area contributed by atoms with Crippen LogP contribution >= 0.6 is 0 Å². The molecule has 0 aliphatic carbocycles. The number of nitrogens with zero attached hydrogens (tertiary/aromatic N) is 3. The fourth-order valence-electron chi connectivity index (χ4n) is 2.27. The van der Waals surface area contributed by atoms with Gasteiger partial charge < -0.3 is 9.88 Å². The lowest BCUT2D eigenvalue weighted by atomic mass is 10.1. The highest BCUT2D eigenvalue weighted by molar-refractivity contribution is 5.35. The molecule has 4 nitrogen and oxygen atoms in total. The Hall–Kier alpha value is -2.62. The van der Waals surface area contributed by atoms with Crippen LogP contribution in [0.15, 0.2) is 61.1 Å². The van der Waals surface area contributed by atoms with Gasteiger partial charge in [-0.2, -0.15) is 0 Å². The van der Waals surface area contributed by atoms with Gasteiger partial charge in [-0.05, 0) is 30.2 Å². The van der Waals surface area contributed by atoms with Gasteiger partial charge in [0.05, 0.1) is 0 Å². The Bertz CT molecular complexity index is 704. The second kappa shape index (κ2) is 6.22. The van der Waals surface area contributed by atoms with Gasteiger partial charge in [0.2, 0.25) is 0 Å². The van der Waals surface area contributed by atoms with E-state index in [1.54, 1.807) is 6.20 Å². The molecule has 4 heteroatoms. The molecule has 0 amide bonds. The Morgan fingerprint density at radius 3 is 2.67 bits per heavy atom. The predicted octanol–water partition coefficient (Wildman–Crippen LogP) is 3.25. The third kappa shape index (κ3) is 3.48. The first-order valence-corrected chi connectivity index (χ1v) is 7.02. The van der Waals surface area contributed by atoms with Crippen molar-refractivity contribution < 1.29 is 0 Å². The van der Waals surface area contributed by atoms with Crippen molar-refractivity contribution in [2.75, 3.05) is 5.32 Å². The second-order valence-electron chi connectivity index (χ2n) is 4.99. The Morgan fingerprint density at radius 1 is 1.00 bits per heavy atom. The largest absolute Gasteiger partial charge is 0.366 e. The lowest BCUT2D eigenvalue weighted by molar-refractivity contribution is 0.760. The van der Waals surface area contributed by atoms with Crippen molar-refractivity contribution in [3.8, 4) is 0 Å². The van der Waals surface area contributed by atoms with E-state index >= 15 is 0 Å². The Morgan fingerprint density at radius 2 is 1.90 bits per heavy atom. The Balaban J connectivity index is 1.67. The van der Waals surface area contributed by atoms with Crippen LogP contribution in [-0.2, 0) is 13.1 Å². The highest BCUT2D eigenvalue weighted by Crippen LogP contribution is 2.10. The van der Waals surface area contributed by atoms with E-state index in [-0.39, 0.29) is 0 Å². The minimum absolute atomic E-state index is 0.772. The van der Waals surface area contributed by atoms with E-state index in [2.05, 4.69) is 44.1 Å². The second-order valence-corrected chi connectivity index (χ2v) is 4.99. The van der Waals surface area contributed by atoms with E-state index in [1.165, 1.54) is 11.1 Å². The standard InChI is InChI=1S/C17H18N4/c1-14-18-9-10-21(14)13-16-6-4-5-15(11-16)12-20-17-7-2-3-8-19-17/h2-11H,12-13H2,1H3,(H,19,20). The molecule has 0 aliphatic heterocycles. The molecule has 21 heavy (non-hydrogen) atoms. The summed E-state index contributed by atoms with van der Waals surface area (Å²) in [7, 11) is 0. The van der Waals surface area contributed by atoms with E-state index in [0.717, 1.165) is 24.7 Å². The normalized spacial score (nSPS) is 10.5. The first kappa shape index (κ1) is 13.4. The number of aromatic nitrogens is 3. The molecule has 0 fully saturated rings. The number of rotatable bonds is 5. The van der Waals surface area contributed by atoms with Crippen LogP contribution in [0.5, 0.6) is 0 Å². The average molecular weight is 278 g/mol. The SMILES string of the molecule is Cc1nccn1Cc1cccc(CNc2ccccn2)c1. The van der Waals surface area contributed by atoms with Crippen LogP contribution < -0.4 is 5.32 Å². The summed E-state index contributed by atoms with van der Waals surface area (Å²) >= 11 is 0. The summed E-state index contributed by atoms with van der Waals surface area (Å²) in [4.78, 5) is 8.52. The van der Waals surface area contributed by atoms with Gasteiger partial charge in [0, 0.05) is 31.7 Å². The zero-order valence-corrected chi connectivity index (χ0v) is 12.0. The molecule has 0 saturated carbocycles. The highest BCUT2D eigenvalue weighted by Gasteiger charge is 2.01. The van der Waals surface area contributed by atoms with Gasteiger partial charge in [0.1, 0.15) is 11.6 Å². The molecule has 0 atom stereocenters. The van der Waals surface area contributed by atoms with Gasteiger partial charge in [-0.3, -0.25) is 0 Å². The summed E-state index contributed by atoms with van der Waals surface area (Å²) in [5.41, 5.74) is 2.52. The molecular weight excluding hydrogens is 260 g/mol. The average Bonchev–Trinajstić information content (AvgIpc) is 2.92. The van der Waals surface area contributed by atoms with Crippen molar-refractivity contribution >= 4 is 5.82 Å². The molecule has 3 rings (SSSR count). The minimum Gasteiger partial charge on any atom is -0.366 e.